The van der Waals surface area contributed by atoms with Gasteiger partial charge >= 0.3 is 5.97 Å². The quantitative estimate of drug-likeness (QED) is 0.833. The SMILES string of the molecule is Cc1ncc(C(=O)NCC(C)(C)C(=O)O)s1. The lowest BCUT2D eigenvalue weighted by Gasteiger charge is -2.18. The molecule has 1 aromatic heterocycles. The van der Waals surface area contributed by atoms with Gasteiger partial charge in [-0.3, -0.25) is 9.59 Å². The topological polar surface area (TPSA) is 79.3 Å². The zero-order valence-electron chi connectivity index (χ0n) is 9.40. The highest BCUT2D eigenvalue weighted by Gasteiger charge is 2.27. The van der Waals surface area contributed by atoms with Crippen molar-refractivity contribution in [2.45, 2.75) is 20.8 Å². The van der Waals surface area contributed by atoms with Crippen molar-refractivity contribution in [1.29, 1.82) is 0 Å². The predicted molar refractivity (Wildman–Crippen MR) is 60.6 cm³/mol. The van der Waals surface area contributed by atoms with Gasteiger partial charge in [-0.2, -0.15) is 0 Å². The summed E-state index contributed by atoms with van der Waals surface area (Å²) in [4.78, 5) is 26.9. The van der Waals surface area contributed by atoms with Crippen LogP contribution in [0.15, 0.2) is 6.20 Å². The second-order valence-electron chi connectivity index (χ2n) is 4.12. The van der Waals surface area contributed by atoms with Crippen LogP contribution in [0.5, 0.6) is 0 Å². The van der Waals surface area contributed by atoms with E-state index < -0.39 is 11.4 Å². The highest BCUT2D eigenvalue weighted by atomic mass is 32.1. The van der Waals surface area contributed by atoms with Gasteiger partial charge in [-0.05, 0) is 20.8 Å². The number of thiazole rings is 1. The number of aliphatic carboxylic acids is 1. The maximum absolute atomic E-state index is 11.6. The normalized spacial score (nSPS) is 11.2. The maximum atomic E-state index is 11.6. The predicted octanol–water partition coefficient (Wildman–Crippen LogP) is 1.29. The average Bonchev–Trinajstić information content (AvgIpc) is 2.61. The van der Waals surface area contributed by atoms with Crippen molar-refractivity contribution in [3.63, 3.8) is 0 Å². The molecule has 0 aliphatic heterocycles. The summed E-state index contributed by atoms with van der Waals surface area (Å²) < 4.78 is 0. The Labute approximate surface area is 97.5 Å². The Morgan fingerprint density at radius 1 is 1.56 bits per heavy atom. The minimum absolute atomic E-state index is 0.0954. The summed E-state index contributed by atoms with van der Waals surface area (Å²) >= 11 is 1.28. The zero-order chi connectivity index (χ0) is 12.3. The Kier molecular flexibility index (Phi) is 3.64. The molecule has 0 unspecified atom stereocenters. The Balaban J connectivity index is 2.57. The van der Waals surface area contributed by atoms with Gasteiger partial charge in [0.05, 0.1) is 16.6 Å². The summed E-state index contributed by atoms with van der Waals surface area (Å²) in [5, 5.41) is 12.3. The van der Waals surface area contributed by atoms with E-state index in [0.29, 0.717) is 4.88 Å². The fourth-order valence-electron chi connectivity index (χ4n) is 0.930. The first-order valence-corrected chi connectivity index (χ1v) is 5.58. The standard InChI is InChI=1S/C10H14N2O3S/c1-6-11-4-7(16-6)8(13)12-5-10(2,3)9(14)15/h4H,5H2,1-3H3,(H,12,13)(H,14,15). The van der Waals surface area contributed by atoms with Gasteiger partial charge in [0.1, 0.15) is 4.88 Å². The van der Waals surface area contributed by atoms with Crippen molar-refractivity contribution in [2.75, 3.05) is 6.54 Å². The van der Waals surface area contributed by atoms with Crippen molar-refractivity contribution < 1.29 is 14.7 Å². The molecule has 0 saturated heterocycles. The average molecular weight is 242 g/mol. The molecule has 0 atom stereocenters. The molecule has 1 heterocycles. The molecule has 0 bridgehead atoms. The van der Waals surface area contributed by atoms with Gasteiger partial charge < -0.3 is 10.4 Å². The molecule has 5 nitrogen and oxygen atoms in total. The van der Waals surface area contributed by atoms with Gasteiger partial charge in [-0.15, -0.1) is 11.3 Å². The summed E-state index contributed by atoms with van der Waals surface area (Å²) in [6.07, 6.45) is 1.49. The van der Waals surface area contributed by atoms with Crippen LogP contribution in [0.2, 0.25) is 0 Å². The summed E-state index contributed by atoms with van der Waals surface area (Å²) in [6.45, 7) is 5.03. The first-order chi connectivity index (χ1) is 7.33. The Morgan fingerprint density at radius 2 is 2.19 bits per heavy atom. The zero-order valence-corrected chi connectivity index (χ0v) is 10.2. The molecule has 16 heavy (non-hydrogen) atoms. The molecule has 88 valence electrons. The lowest BCUT2D eigenvalue weighted by atomic mass is 9.94. The van der Waals surface area contributed by atoms with E-state index in [4.69, 9.17) is 5.11 Å². The van der Waals surface area contributed by atoms with Crippen LogP contribution in [-0.4, -0.2) is 28.5 Å². The van der Waals surface area contributed by atoms with Crippen LogP contribution in [0, 0.1) is 12.3 Å². The molecule has 1 rings (SSSR count). The van der Waals surface area contributed by atoms with E-state index in [1.165, 1.54) is 17.5 Å². The number of nitrogens with one attached hydrogen (secondary N) is 1. The van der Waals surface area contributed by atoms with Crippen molar-refractivity contribution in [1.82, 2.24) is 10.3 Å². The lowest BCUT2D eigenvalue weighted by Crippen LogP contribution is -2.38. The molecular weight excluding hydrogens is 228 g/mol. The van der Waals surface area contributed by atoms with E-state index in [9.17, 15) is 9.59 Å². The number of nitrogens with zero attached hydrogens (tertiary/aromatic N) is 1. The minimum atomic E-state index is -0.963. The maximum Gasteiger partial charge on any atom is 0.310 e. The highest BCUT2D eigenvalue weighted by molar-refractivity contribution is 7.13. The third-order valence-corrected chi connectivity index (χ3v) is 3.03. The van der Waals surface area contributed by atoms with Crippen LogP contribution in [0.1, 0.15) is 28.5 Å². The first-order valence-electron chi connectivity index (χ1n) is 4.77. The van der Waals surface area contributed by atoms with E-state index >= 15 is 0 Å². The Bertz CT molecular complexity index is 412. The molecule has 1 aromatic rings. The summed E-state index contributed by atoms with van der Waals surface area (Å²) in [6, 6.07) is 0. The molecule has 0 aromatic carbocycles. The molecule has 0 fully saturated rings. The third kappa shape index (κ3) is 3.03. The number of rotatable bonds is 4. The highest BCUT2D eigenvalue weighted by Crippen LogP contribution is 2.15. The Hall–Kier alpha value is -1.43. The van der Waals surface area contributed by atoms with Crippen LogP contribution in [0.25, 0.3) is 0 Å². The second-order valence-corrected chi connectivity index (χ2v) is 5.35. The number of hydrogen-bond donors (Lipinski definition) is 2. The van der Waals surface area contributed by atoms with E-state index in [2.05, 4.69) is 10.3 Å². The van der Waals surface area contributed by atoms with Gasteiger partial charge in [-0.1, -0.05) is 0 Å². The van der Waals surface area contributed by atoms with Gasteiger partial charge in [0.15, 0.2) is 0 Å². The molecular formula is C10H14N2O3S. The van der Waals surface area contributed by atoms with Gasteiger partial charge in [0.25, 0.3) is 5.91 Å². The van der Waals surface area contributed by atoms with Crippen LogP contribution in [0.3, 0.4) is 0 Å². The van der Waals surface area contributed by atoms with E-state index in [1.807, 2.05) is 6.92 Å². The van der Waals surface area contributed by atoms with Crippen LogP contribution >= 0.6 is 11.3 Å². The first kappa shape index (κ1) is 12.6. The largest absolute Gasteiger partial charge is 0.481 e. The number of carbonyl (C=O) groups excluding carboxylic acids is 1. The van der Waals surface area contributed by atoms with Gasteiger partial charge in [0.2, 0.25) is 0 Å². The Morgan fingerprint density at radius 3 is 2.62 bits per heavy atom. The van der Waals surface area contributed by atoms with Crippen molar-refractivity contribution in [3.8, 4) is 0 Å². The van der Waals surface area contributed by atoms with Crippen molar-refractivity contribution in [3.05, 3.63) is 16.1 Å². The van der Waals surface area contributed by atoms with E-state index in [0.717, 1.165) is 5.01 Å². The number of amides is 1. The fraction of sp³-hybridized carbons (Fsp3) is 0.500. The number of carbonyl (C=O) groups is 2. The van der Waals surface area contributed by atoms with Crippen LogP contribution in [0.4, 0.5) is 0 Å². The molecule has 0 radical (unpaired) electrons. The summed E-state index contributed by atoms with van der Waals surface area (Å²) in [5.41, 5.74) is -0.963. The van der Waals surface area contributed by atoms with Gasteiger partial charge in [-0.25, -0.2) is 4.98 Å². The van der Waals surface area contributed by atoms with Gasteiger partial charge in [0, 0.05) is 6.54 Å². The number of hydrogen-bond acceptors (Lipinski definition) is 4. The van der Waals surface area contributed by atoms with Crippen molar-refractivity contribution in [2.24, 2.45) is 5.41 Å². The van der Waals surface area contributed by atoms with Crippen molar-refractivity contribution >= 4 is 23.2 Å². The number of carboxylic acid groups (broad SMARTS) is 1. The van der Waals surface area contributed by atoms with E-state index in [-0.39, 0.29) is 12.5 Å². The van der Waals surface area contributed by atoms with Crippen LogP contribution < -0.4 is 5.32 Å². The summed E-state index contributed by atoms with van der Waals surface area (Å²) in [7, 11) is 0. The second kappa shape index (κ2) is 4.61. The number of carboxylic acids is 1. The molecule has 0 saturated carbocycles. The lowest BCUT2D eigenvalue weighted by molar-refractivity contribution is -0.146. The smallest absolute Gasteiger partial charge is 0.310 e. The van der Waals surface area contributed by atoms with E-state index in [1.54, 1.807) is 13.8 Å². The molecule has 6 heteroatoms. The summed E-state index contributed by atoms with van der Waals surface area (Å²) in [5.74, 6) is -1.21. The molecule has 2 N–H and O–H groups in total. The number of aromatic nitrogens is 1. The molecule has 0 spiro atoms. The number of aryl methyl sites for hydroxylation is 1. The molecule has 0 aliphatic carbocycles. The van der Waals surface area contributed by atoms with Crippen LogP contribution in [-0.2, 0) is 4.79 Å². The minimum Gasteiger partial charge on any atom is -0.481 e. The monoisotopic (exact) mass is 242 g/mol. The molecule has 1 amide bonds. The molecule has 0 aliphatic rings. The fourth-order valence-corrected chi connectivity index (χ4v) is 1.62. The third-order valence-electron chi connectivity index (χ3n) is 2.11.